The number of aromatic nitrogens is 2. The van der Waals surface area contributed by atoms with Gasteiger partial charge in [0.25, 0.3) is 0 Å². The van der Waals surface area contributed by atoms with Gasteiger partial charge in [-0.05, 0) is 28.1 Å². The fourth-order valence-electron chi connectivity index (χ4n) is 1.36. The minimum absolute atomic E-state index is 0.00391. The van der Waals surface area contributed by atoms with Gasteiger partial charge < -0.3 is 4.42 Å². The van der Waals surface area contributed by atoms with Gasteiger partial charge in [0.1, 0.15) is 0 Å². The minimum atomic E-state index is 0.00391. The van der Waals surface area contributed by atoms with Crippen LogP contribution in [-0.2, 0) is 5.41 Å². The summed E-state index contributed by atoms with van der Waals surface area (Å²) >= 11 is 3.34. The van der Waals surface area contributed by atoms with E-state index in [0.29, 0.717) is 4.73 Å². The van der Waals surface area contributed by atoms with Crippen molar-refractivity contribution >= 4 is 15.9 Å². The molecule has 0 saturated heterocycles. The summed E-state index contributed by atoms with van der Waals surface area (Å²) in [7, 11) is 0. The van der Waals surface area contributed by atoms with Crippen molar-refractivity contribution in [2.24, 2.45) is 0 Å². The quantitative estimate of drug-likeness (QED) is 0.746. The zero-order chi connectivity index (χ0) is 11.8. The molecular weight excluding hydrogens is 268 g/mol. The van der Waals surface area contributed by atoms with Gasteiger partial charge in [0.05, 0.1) is 23.9 Å². The van der Waals surface area contributed by atoms with Crippen molar-refractivity contribution in [2.45, 2.75) is 26.2 Å². The Morgan fingerprint density at radius 2 is 2.00 bits per heavy atom. The van der Waals surface area contributed by atoms with Crippen LogP contribution in [0.4, 0.5) is 0 Å². The molecule has 2 aromatic heterocycles. The molecule has 2 heterocycles. The summed E-state index contributed by atoms with van der Waals surface area (Å²) in [6.07, 6.45) is 3.32. The second-order valence-electron chi connectivity index (χ2n) is 4.67. The second-order valence-corrected chi connectivity index (χ2v) is 5.38. The number of rotatable bonds is 1. The van der Waals surface area contributed by atoms with Crippen molar-refractivity contribution in [1.29, 1.82) is 0 Å². The van der Waals surface area contributed by atoms with E-state index in [1.165, 1.54) is 0 Å². The highest BCUT2D eigenvalue weighted by Crippen LogP contribution is 2.26. The lowest BCUT2D eigenvalue weighted by Gasteiger charge is -2.18. The number of furan rings is 1. The molecule has 84 valence electrons. The van der Waals surface area contributed by atoms with Crippen LogP contribution in [-0.4, -0.2) is 9.97 Å². The summed E-state index contributed by atoms with van der Waals surface area (Å²) in [4.78, 5) is 8.73. The van der Waals surface area contributed by atoms with E-state index in [9.17, 15) is 0 Å². The normalized spacial score (nSPS) is 11.8. The Balaban J connectivity index is 2.53. The molecule has 0 atom stereocenters. The number of nitrogens with zero attached hydrogens (tertiary/aromatic N) is 2. The van der Waals surface area contributed by atoms with Crippen LogP contribution < -0.4 is 0 Å². The van der Waals surface area contributed by atoms with E-state index in [1.807, 2.05) is 12.1 Å². The monoisotopic (exact) mass is 280 g/mol. The van der Waals surface area contributed by atoms with Crippen LogP contribution in [0.15, 0.2) is 33.8 Å². The van der Waals surface area contributed by atoms with Crippen molar-refractivity contribution in [3.63, 3.8) is 0 Å². The zero-order valence-electron chi connectivity index (χ0n) is 9.49. The molecule has 0 unspecified atom stereocenters. The number of hydrogen-bond donors (Lipinski definition) is 0. The third-order valence-corrected chi connectivity index (χ3v) is 2.64. The van der Waals surface area contributed by atoms with Gasteiger partial charge in [0.15, 0.2) is 4.73 Å². The average Bonchev–Trinajstić information content (AvgIpc) is 2.68. The highest BCUT2D eigenvalue weighted by atomic mass is 79.9. The van der Waals surface area contributed by atoms with Gasteiger partial charge in [-0.2, -0.15) is 0 Å². The molecule has 16 heavy (non-hydrogen) atoms. The lowest BCUT2D eigenvalue weighted by Crippen LogP contribution is -2.14. The molecule has 0 radical (unpaired) electrons. The smallest absolute Gasteiger partial charge is 0.197 e. The summed E-state index contributed by atoms with van der Waals surface area (Å²) in [6, 6.07) is 3.89. The van der Waals surface area contributed by atoms with Gasteiger partial charge in [0, 0.05) is 11.0 Å². The fraction of sp³-hybridized carbons (Fsp3) is 0.333. The van der Waals surface area contributed by atoms with E-state index in [1.54, 1.807) is 12.5 Å². The maximum atomic E-state index is 5.06. The van der Waals surface area contributed by atoms with Crippen LogP contribution in [0.3, 0.4) is 0 Å². The Kier molecular flexibility index (Phi) is 2.84. The molecule has 0 spiro atoms. The predicted molar refractivity (Wildman–Crippen MR) is 66.1 cm³/mol. The van der Waals surface area contributed by atoms with Gasteiger partial charge in [-0.15, -0.1) is 0 Å². The van der Waals surface area contributed by atoms with Crippen molar-refractivity contribution in [1.82, 2.24) is 9.97 Å². The Hall–Kier alpha value is -1.16. The van der Waals surface area contributed by atoms with Crippen molar-refractivity contribution < 1.29 is 4.42 Å². The molecule has 0 bridgehead atoms. The first-order valence-corrected chi connectivity index (χ1v) is 5.84. The van der Waals surface area contributed by atoms with Crippen molar-refractivity contribution in [3.8, 4) is 11.3 Å². The first-order valence-electron chi connectivity index (χ1n) is 5.04. The standard InChI is InChI=1S/C12H13BrN2O/c1-12(2,3)10-6-9(14-11(13)15-10)8-4-5-16-7-8/h4-7H,1-3H3. The molecule has 4 heteroatoms. The largest absolute Gasteiger partial charge is 0.472 e. The molecule has 0 N–H and O–H groups in total. The molecule has 0 fully saturated rings. The zero-order valence-corrected chi connectivity index (χ0v) is 11.1. The Labute approximate surface area is 103 Å². The molecule has 0 aliphatic carbocycles. The maximum absolute atomic E-state index is 5.06. The molecule has 0 aliphatic rings. The maximum Gasteiger partial charge on any atom is 0.197 e. The third kappa shape index (κ3) is 2.32. The van der Waals surface area contributed by atoms with E-state index in [0.717, 1.165) is 17.0 Å². The summed E-state index contributed by atoms with van der Waals surface area (Å²) < 4.78 is 5.67. The van der Waals surface area contributed by atoms with E-state index < -0.39 is 0 Å². The van der Waals surface area contributed by atoms with Crippen LogP contribution in [0.2, 0.25) is 0 Å². The summed E-state index contributed by atoms with van der Waals surface area (Å²) in [5.41, 5.74) is 2.85. The average molecular weight is 281 g/mol. The van der Waals surface area contributed by atoms with E-state index in [4.69, 9.17) is 4.42 Å². The molecule has 2 aromatic rings. The van der Waals surface area contributed by atoms with Crippen molar-refractivity contribution in [2.75, 3.05) is 0 Å². The lowest BCUT2D eigenvalue weighted by atomic mass is 9.91. The van der Waals surface area contributed by atoms with Gasteiger partial charge in [-0.3, -0.25) is 0 Å². The topological polar surface area (TPSA) is 38.9 Å². The highest BCUT2D eigenvalue weighted by molar-refractivity contribution is 9.10. The first-order chi connectivity index (χ1) is 7.47. The van der Waals surface area contributed by atoms with Crippen LogP contribution in [0.5, 0.6) is 0 Å². The molecular formula is C12H13BrN2O. The molecule has 0 amide bonds. The number of halogens is 1. The van der Waals surface area contributed by atoms with Crippen molar-refractivity contribution in [3.05, 3.63) is 35.1 Å². The van der Waals surface area contributed by atoms with E-state index in [2.05, 4.69) is 46.7 Å². The summed E-state index contributed by atoms with van der Waals surface area (Å²) in [6.45, 7) is 6.38. The van der Waals surface area contributed by atoms with Crippen LogP contribution >= 0.6 is 15.9 Å². The summed E-state index contributed by atoms with van der Waals surface area (Å²) in [5, 5.41) is 0. The van der Waals surface area contributed by atoms with Gasteiger partial charge in [0.2, 0.25) is 0 Å². The first kappa shape index (κ1) is 11.3. The molecule has 0 aliphatic heterocycles. The van der Waals surface area contributed by atoms with Crippen LogP contribution in [0.25, 0.3) is 11.3 Å². The molecule has 0 aromatic carbocycles. The van der Waals surface area contributed by atoms with Gasteiger partial charge >= 0.3 is 0 Å². The van der Waals surface area contributed by atoms with Gasteiger partial charge in [-0.25, -0.2) is 9.97 Å². The Morgan fingerprint density at radius 3 is 2.56 bits per heavy atom. The SMILES string of the molecule is CC(C)(C)c1cc(-c2ccoc2)nc(Br)n1. The van der Waals surface area contributed by atoms with Crippen LogP contribution in [0, 0.1) is 0 Å². The minimum Gasteiger partial charge on any atom is -0.472 e. The molecule has 3 nitrogen and oxygen atoms in total. The third-order valence-electron chi connectivity index (χ3n) is 2.28. The Bertz CT molecular complexity index is 486. The number of hydrogen-bond acceptors (Lipinski definition) is 3. The molecule has 2 rings (SSSR count). The summed E-state index contributed by atoms with van der Waals surface area (Å²) in [5.74, 6) is 0. The van der Waals surface area contributed by atoms with Crippen LogP contribution in [0.1, 0.15) is 26.5 Å². The predicted octanol–water partition coefficient (Wildman–Crippen LogP) is 3.80. The highest BCUT2D eigenvalue weighted by Gasteiger charge is 2.18. The Morgan fingerprint density at radius 1 is 1.25 bits per heavy atom. The van der Waals surface area contributed by atoms with E-state index >= 15 is 0 Å². The van der Waals surface area contributed by atoms with Gasteiger partial charge in [-0.1, -0.05) is 20.8 Å². The molecule has 0 saturated carbocycles. The fourth-order valence-corrected chi connectivity index (χ4v) is 1.74. The second kappa shape index (κ2) is 4.01. The lowest BCUT2D eigenvalue weighted by molar-refractivity contribution is 0.563. The van der Waals surface area contributed by atoms with E-state index in [-0.39, 0.29) is 5.41 Å².